The number of carboxylic acid groups (broad SMARTS) is 1. The molecule has 0 radical (unpaired) electrons. The summed E-state index contributed by atoms with van der Waals surface area (Å²) in [6, 6.07) is 12.8. The molecule has 0 saturated heterocycles. The van der Waals surface area contributed by atoms with E-state index in [4.69, 9.17) is 39.9 Å². The van der Waals surface area contributed by atoms with Gasteiger partial charge in [-0.15, -0.1) is 0 Å². The van der Waals surface area contributed by atoms with Crippen LogP contribution < -0.4 is 10.6 Å². The molecular weight excluding hydrogens is 485 g/mol. The Balaban J connectivity index is 1.80. The third-order valence-corrected chi connectivity index (χ3v) is 6.19. The molecule has 0 aliphatic rings. The minimum Gasteiger partial charge on any atom is -0.481 e. The highest BCUT2D eigenvalue weighted by Crippen LogP contribution is 2.23. The second kappa shape index (κ2) is 14.3. The van der Waals surface area contributed by atoms with Crippen LogP contribution in [0.2, 0.25) is 15.1 Å². The Hall–Kier alpha value is -1.99. The molecule has 0 spiro atoms. The lowest BCUT2D eigenvalue weighted by atomic mass is 10.1. The lowest BCUT2D eigenvalue weighted by Crippen LogP contribution is -2.37. The molecule has 0 aromatic heterocycles. The van der Waals surface area contributed by atoms with Gasteiger partial charge in [0.25, 0.3) is 0 Å². The van der Waals surface area contributed by atoms with Gasteiger partial charge in [-0.1, -0.05) is 53.0 Å². The number of rotatable bonds is 13. The first-order valence-electron chi connectivity index (χ1n) is 10.9. The van der Waals surface area contributed by atoms with Gasteiger partial charge in [-0.25, -0.2) is 4.79 Å². The second-order valence-electron chi connectivity index (χ2n) is 7.81. The maximum Gasteiger partial charge on any atom is 0.315 e. The van der Waals surface area contributed by atoms with E-state index in [1.165, 1.54) is 0 Å². The number of hydrogen-bond acceptors (Lipinski definition) is 3. The fourth-order valence-corrected chi connectivity index (χ4v) is 4.03. The van der Waals surface area contributed by atoms with Crippen molar-refractivity contribution in [1.82, 2.24) is 15.5 Å². The van der Waals surface area contributed by atoms with Crippen molar-refractivity contribution < 1.29 is 14.7 Å². The molecule has 0 heterocycles. The molecule has 2 rings (SSSR count). The summed E-state index contributed by atoms with van der Waals surface area (Å²) in [7, 11) is 0. The van der Waals surface area contributed by atoms with Crippen LogP contribution in [-0.4, -0.2) is 41.6 Å². The van der Waals surface area contributed by atoms with E-state index >= 15 is 0 Å². The summed E-state index contributed by atoms with van der Waals surface area (Å²) >= 11 is 18.0. The lowest BCUT2D eigenvalue weighted by Gasteiger charge is -2.29. The first-order chi connectivity index (χ1) is 15.8. The lowest BCUT2D eigenvalue weighted by molar-refractivity contribution is -0.137. The topological polar surface area (TPSA) is 81.7 Å². The predicted octanol–water partition coefficient (Wildman–Crippen LogP) is 6.15. The highest BCUT2D eigenvalue weighted by Gasteiger charge is 2.16. The van der Waals surface area contributed by atoms with E-state index in [1.807, 2.05) is 24.3 Å². The van der Waals surface area contributed by atoms with Crippen molar-refractivity contribution in [2.45, 2.75) is 45.2 Å². The van der Waals surface area contributed by atoms with Crippen LogP contribution in [0.1, 0.15) is 49.8 Å². The van der Waals surface area contributed by atoms with E-state index < -0.39 is 5.97 Å². The Bertz CT molecular complexity index is 910. The monoisotopic (exact) mass is 513 g/mol. The van der Waals surface area contributed by atoms with Crippen molar-refractivity contribution >= 4 is 46.8 Å². The van der Waals surface area contributed by atoms with Gasteiger partial charge in [0.2, 0.25) is 0 Å². The molecule has 0 aliphatic heterocycles. The van der Waals surface area contributed by atoms with Crippen molar-refractivity contribution in [2.75, 3.05) is 19.6 Å². The van der Waals surface area contributed by atoms with E-state index in [0.29, 0.717) is 34.6 Å². The quantitative estimate of drug-likeness (QED) is 0.280. The molecular formula is C24H30Cl3N3O3. The zero-order valence-corrected chi connectivity index (χ0v) is 20.9. The largest absolute Gasteiger partial charge is 0.481 e. The van der Waals surface area contributed by atoms with Gasteiger partial charge in [0.15, 0.2) is 0 Å². The normalized spacial score (nSPS) is 11.9. The average Bonchev–Trinajstić information content (AvgIpc) is 2.77. The first kappa shape index (κ1) is 27.3. The average molecular weight is 515 g/mol. The minimum atomic E-state index is -0.776. The van der Waals surface area contributed by atoms with Gasteiger partial charge in [-0.2, -0.15) is 0 Å². The van der Waals surface area contributed by atoms with E-state index in [-0.39, 0.29) is 18.5 Å². The Morgan fingerprint density at radius 3 is 2.27 bits per heavy atom. The summed E-state index contributed by atoms with van der Waals surface area (Å²) in [5.74, 6) is -0.776. The van der Waals surface area contributed by atoms with Gasteiger partial charge in [0.1, 0.15) is 0 Å². The van der Waals surface area contributed by atoms with Gasteiger partial charge < -0.3 is 15.7 Å². The van der Waals surface area contributed by atoms with Crippen LogP contribution in [0.25, 0.3) is 0 Å². The highest BCUT2D eigenvalue weighted by atomic mass is 35.5. The Kier molecular flexibility index (Phi) is 11.8. The number of amides is 2. The molecule has 0 aliphatic carbocycles. The van der Waals surface area contributed by atoms with Crippen LogP contribution in [0.15, 0.2) is 42.5 Å². The predicted molar refractivity (Wildman–Crippen MR) is 134 cm³/mol. The maximum absolute atomic E-state index is 12.1. The van der Waals surface area contributed by atoms with Crippen LogP contribution in [0.4, 0.5) is 4.79 Å². The molecule has 9 heteroatoms. The summed E-state index contributed by atoms with van der Waals surface area (Å²) in [5.41, 5.74) is 1.93. The van der Waals surface area contributed by atoms with Crippen molar-refractivity contribution in [1.29, 1.82) is 0 Å². The standard InChI is InChI=1S/C24H30Cl3N3O3/c1-17(18-6-9-20(25)10-7-18)30(13-3-2-5-23(31)32)14-4-12-28-24(33)29-16-19-8-11-21(26)15-22(19)27/h6-11,15,17H,2-5,12-14,16H2,1H3,(H,31,32)(H2,28,29,33). The van der Waals surface area contributed by atoms with Crippen LogP contribution in [0, 0.1) is 0 Å². The number of hydrogen-bond donors (Lipinski definition) is 3. The molecule has 0 bridgehead atoms. The Morgan fingerprint density at radius 2 is 1.61 bits per heavy atom. The van der Waals surface area contributed by atoms with E-state index in [2.05, 4.69) is 22.5 Å². The number of carbonyl (C=O) groups excluding carboxylic acids is 1. The molecule has 2 amide bonds. The summed E-state index contributed by atoms with van der Waals surface area (Å²) in [5, 5.41) is 16.3. The molecule has 33 heavy (non-hydrogen) atoms. The molecule has 1 unspecified atom stereocenters. The zero-order valence-electron chi connectivity index (χ0n) is 18.6. The number of nitrogens with one attached hydrogen (secondary N) is 2. The van der Waals surface area contributed by atoms with Crippen LogP contribution in [-0.2, 0) is 11.3 Å². The summed E-state index contributed by atoms with van der Waals surface area (Å²) in [4.78, 5) is 25.2. The molecule has 2 aromatic carbocycles. The number of carbonyl (C=O) groups is 2. The highest BCUT2D eigenvalue weighted by molar-refractivity contribution is 6.35. The molecule has 0 fully saturated rings. The number of unbranched alkanes of at least 4 members (excludes halogenated alkanes) is 1. The number of carboxylic acids is 1. The van der Waals surface area contributed by atoms with Gasteiger partial charge in [-0.05, 0) is 68.1 Å². The summed E-state index contributed by atoms with van der Waals surface area (Å²) < 4.78 is 0. The molecule has 1 atom stereocenters. The zero-order chi connectivity index (χ0) is 24.2. The molecule has 2 aromatic rings. The van der Waals surface area contributed by atoms with Crippen molar-refractivity contribution in [2.24, 2.45) is 0 Å². The molecule has 6 nitrogen and oxygen atoms in total. The summed E-state index contributed by atoms with van der Waals surface area (Å²) in [6.45, 7) is 4.49. The molecule has 3 N–H and O–H groups in total. The smallest absolute Gasteiger partial charge is 0.315 e. The third-order valence-electron chi connectivity index (χ3n) is 5.35. The van der Waals surface area contributed by atoms with Crippen molar-refractivity contribution in [3.63, 3.8) is 0 Å². The van der Waals surface area contributed by atoms with Gasteiger partial charge in [-0.3, -0.25) is 9.69 Å². The molecule has 180 valence electrons. The van der Waals surface area contributed by atoms with Gasteiger partial charge in [0, 0.05) is 47.2 Å². The van der Waals surface area contributed by atoms with E-state index in [0.717, 1.165) is 37.1 Å². The van der Waals surface area contributed by atoms with Crippen LogP contribution in [0.3, 0.4) is 0 Å². The second-order valence-corrected chi connectivity index (χ2v) is 9.09. The molecule has 0 saturated carbocycles. The van der Waals surface area contributed by atoms with E-state index in [9.17, 15) is 9.59 Å². The first-order valence-corrected chi connectivity index (χ1v) is 12.1. The fourth-order valence-electron chi connectivity index (χ4n) is 3.43. The SMILES string of the molecule is CC(c1ccc(Cl)cc1)N(CCCCC(=O)O)CCCNC(=O)NCc1ccc(Cl)cc1Cl. The number of halogens is 3. The Labute approximate surface area is 210 Å². The van der Waals surface area contributed by atoms with E-state index in [1.54, 1.807) is 18.2 Å². The summed E-state index contributed by atoms with van der Waals surface area (Å²) in [6.07, 6.45) is 2.35. The van der Waals surface area contributed by atoms with Crippen molar-refractivity contribution in [3.8, 4) is 0 Å². The maximum atomic E-state index is 12.1. The van der Waals surface area contributed by atoms with Crippen LogP contribution in [0.5, 0.6) is 0 Å². The number of aliphatic carboxylic acids is 1. The van der Waals surface area contributed by atoms with Crippen molar-refractivity contribution in [3.05, 3.63) is 68.7 Å². The number of benzene rings is 2. The van der Waals surface area contributed by atoms with Gasteiger partial charge >= 0.3 is 12.0 Å². The number of urea groups is 1. The minimum absolute atomic E-state index is 0.146. The fraction of sp³-hybridized carbons (Fsp3) is 0.417. The van der Waals surface area contributed by atoms with Crippen LogP contribution >= 0.6 is 34.8 Å². The Morgan fingerprint density at radius 1 is 0.939 bits per heavy atom. The third kappa shape index (κ3) is 10.2. The number of nitrogens with zero attached hydrogens (tertiary/aromatic N) is 1. The van der Waals surface area contributed by atoms with Gasteiger partial charge in [0.05, 0.1) is 0 Å².